The zero-order chi connectivity index (χ0) is 14.9. The minimum atomic E-state index is -0.303. The van der Waals surface area contributed by atoms with Gasteiger partial charge in [0.05, 0.1) is 12.1 Å². The van der Waals surface area contributed by atoms with Gasteiger partial charge in [-0.3, -0.25) is 4.79 Å². The molecule has 0 bridgehead atoms. The number of nitrogens with one attached hydrogen (secondary N) is 1. The Bertz CT molecular complexity index is 702. The van der Waals surface area contributed by atoms with E-state index in [-0.39, 0.29) is 11.2 Å². The molecule has 1 aromatic carbocycles. The smallest absolute Gasteiger partial charge is 0.252 e. The molecule has 0 aliphatic carbocycles. The van der Waals surface area contributed by atoms with Crippen LogP contribution in [0.25, 0.3) is 10.9 Å². The van der Waals surface area contributed by atoms with E-state index in [1.807, 2.05) is 24.3 Å². The second-order valence-corrected chi connectivity index (χ2v) is 5.52. The molecule has 1 atom stereocenters. The van der Waals surface area contributed by atoms with E-state index >= 15 is 0 Å². The van der Waals surface area contributed by atoms with Gasteiger partial charge in [-0.15, -0.1) is 0 Å². The standard InChI is InChI=1S/C16H20N2O3/c1-18-14-6-4-3-5-12(14)13(9-15(18)19)17-10-16(20-2)7-8-21-11-16/h3-6,9,17H,7-8,10-11H2,1-2H3. The monoisotopic (exact) mass is 288 g/mol. The van der Waals surface area contributed by atoms with Gasteiger partial charge in [-0.2, -0.15) is 0 Å². The van der Waals surface area contributed by atoms with E-state index in [0.29, 0.717) is 19.8 Å². The van der Waals surface area contributed by atoms with Crippen molar-refractivity contribution in [2.24, 2.45) is 7.05 Å². The van der Waals surface area contributed by atoms with Crippen molar-refractivity contribution in [2.75, 3.05) is 32.2 Å². The van der Waals surface area contributed by atoms with Crippen molar-refractivity contribution >= 4 is 16.6 Å². The molecule has 0 saturated carbocycles. The molecule has 21 heavy (non-hydrogen) atoms. The van der Waals surface area contributed by atoms with Crippen LogP contribution in [0.15, 0.2) is 35.1 Å². The highest BCUT2D eigenvalue weighted by Crippen LogP contribution is 2.25. The molecule has 1 aliphatic heterocycles. The van der Waals surface area contributed by atoms with E-state index in [9.17, 15) is 4.79 Å². The number of aryl methyl sites for hydroxylation is 1. The summed E-state index contributed by atoms with van der Waals surface area (Å²) in [6, 6.07) is 9.52. The fourth-order valence-corrected chi connectivity index (χ4v) is 2.77. The van der Waals surface area contributed by atoms with Gasteiger partial charge >= 0.3 is 0 Å². The minimum absolute atomic E-state index is 0.0228. The number of para-hydroxylation sites is 1. The van der Waals surface area contributed by atoms with Gasteiger partial charge in [0.25, 0.3) is 5.56 Å². The van der Waals surface area contributed by atoms with Crippen LogP contribution >= 0.6 is 0 Å². The maximum Gasteiger partial charge on any atom is 0.252 e. The molecular weight excluding hydrogens is 268 g/mol. The molecule has 1 fully saturated rings. The fourth-order valence-electron chi connectivity index (χ4n) is 2.77. The van der Waals surface area contributed by atoms with Crippen molar-refractivity contribution in [1.29, 1.82) is 0 Å². The molecule has 5 heteroatoms. The van der Waals surface area contributed by atoms with Crippen LogP contribution in [-0.2, 0) is 16.5 Å². The number of anilines is 1. The molecule has 0 spiro atoms. The van der Waals surface area contributed by atoms with E-state index in [1.165, 1.54) is 0 Å². The molecule has 1 aromatic heterocycles. The Morgan fingerprint density at radius 1 is 1.43 bits per heavy atom. The molecule has 2 aromatic rings. The van der Waals surface area contributed by atoms with Crippen molar-refractivity contribution in [3.8, 4) is 0 Å². The van der Waals surface area contributed by atoms with Gasteiger partial charge in [-0.05, 0) is 6.07 Å². The minimum Gasteiger partial charge on any atom is -0.381 e. The highest BCUT2D eigenvalue weighted by atomic mass is 16.5. The SMILES string of the molecule is COC1(CNc2cc(=O)n(C)c3ccccc23)CCOC1. The lowest BCUT2D eigenvalue weighted by molar-refractivity contribution is -0.00618. The van der Waals surface area contributed by atoms with Gasteiger partial charge in [-0.1, -0.05) is 18.2 Å². The van der Waals surface area contributed by atoms with Gasteiger partial charge in [-0.25, -0.2) is 0 Å². The number of hydrogen-bond donors (Lipinski definition) is 1. The molecule has 5 nitrogen and oxygen atoms in total. The van der Waals surface area contributed by atoms with Crippen molar-refractivity contribution in [3.63, 3.8) is 0 Å². The van der Waals surface area contributed by atoms with E-state index in [1.54, 1.807) is 24.8 Å². The first-order valence-corrected chi connectivity index (χ1v) is 7.11. The lowest BCUT2D eigenvalue weighted by Gasteiger charge is -2.26. The lowest BCUT2D eigenvalue weighted by atomic mass is 10.0. The summed E-state index contributed by atoms with van der Waals surface area (Å²) in [6.45, 7) is 1.92. The first-order chi connectivity index (χ1) is 10.2. The summed E-state index contributed by atoms with van der Waals surface area (Å²) in [5.74, 6) is 0. The molecule has 2 heterocycles. The quantitative estimate of drug-likeness (QED) is 0.931. The third kappa shape index (κ3) is 2.54. The molecular formula is C16H20N2O3. The number of ether oxygens (including phenoxy) is 2. The van der Waals surface area contributed by atoms with Gasteiger partial charge in [0.15, 0.2) is 0 Å². The van der Waals surface area contributed by atoms with Crippen LogP contribution in [0.3, 0.4) is 0 Å². The third-order valence-electron chi connectivity index (χ3n) is 4.26. The number of rotatable bonds is 4. The Hall–Kier alpha value is -1.85. The zero-order valence-electron chi connectivity index (χ0n) is 12.4. The number of pyridine rings is 1. The van der Waals surface area contributed by atoms with E-state index in [4.69, 9.17) is 9.47 Å². The molecule has 1 aliphatic rings. The summed E-state index contributed by atoms with van der Waals surface area (Å²) in [5, 5.41) is 4.40. The number of hydrogen-bond acceptors (Lipinski definition) is 4. The van der Waals surface area contributed by atoms with Crippen molar-refractivity contribution < 1.29 is 9.47 Å². The Labute approximate surface area is 123 Å². The molecule has 112 valence electrons. The number of aromatic nitrogens is 1. The first-order valence-electron chi connectivity index (χ1n) is 7.11. The number of nitrogens with zero attached hydrogens (tertiary/aromatic N) is 1. The maximum atomic E-state index is 12.1. The average Bonchev–Trinajstić information content (AvgIpc) is 2.99. The van der Waals surface area contributed by atoms with Gasteiger partial charge in [0.1, 0.15) is 5.60 Å². The van der Waals surface area contributed by atoms with Crippen LogP contribution in [0, 0.1) is 0 Å². The summed E-state index contributed by atoms with van der Waals surface area (Å²) < 4.78 is 12.7. The van der Waals surface area contributed by atoms with Crippen LogP contribution in [0.4, 0.5) is 5.69 Å². The molecule has 0 radical (unpaired) electrons. The Morgan fingerprint density at radius 3 is 2.95 bits per heavy atom. The normalized spacial score (nSPS) is 21.8. The highest BCUT2D eigenvalue weighted by Gasteiger charge is 2.34. The lowest BCUT2D eigenvalue weighted by Crippen LogP contribution is -2.39. The second kappa shape index (κ2) is 5.50. The largest absolute Gasteiger partial charge is 0.381 e. The summed E-state index contributed by atoms with van der Waals surface area (Å²) in [5.41, 5.74) is 1.44. The predicted octanol–water partition coefficient (Wildman–Crippen LogP) is 1.76. The van der Waals surface area contributed by atoms with Gasteiger partial charge in [0.2, 0.25) is 0 Å². The second-order valence-electron chi connectivity index (χ2n) is 5.52. The van der Waals surface area contributed by atoms with E-state index < -0.39 is 0 Å². The van der Waals surface area contributed by atoms with Crippen LogP contribution in [0.2, 0.25) is 0 Å². The highest BCUT2D eigenvalue weighted by molar-refractivity contribution is 5.91. The fraction of sp³-hybridized carbons (Fsp3) is 0.438. The predicted molar refractivity (Wildman–Crippen MR) is 82.9 cm³/mol. The summed E-state index contributed by atoms with van der Waals surface area (Å²) in [6.07, 6.45) is 0.860. The summed E-state index contributed by atoms with van der Waals surface area (Å²) >= 11 is 0. The van der Waals surface area contributed by atoms with Gasteiger partial charge < -0.3 is 19.4 Å². The van der Waals surface area contributed by atoms with Crippen LogP contribution in [0.5, 0.6) is 0 Å². The Kier molecular flexibility index (Phi) is 3.69. The molecule has 1 N–H and O–H groups in total. The van der Waals surface area contributed by atoms with Gasteiger partial charge in [0, 0.05) is 50.9 Å². The number of fused-ring (bicyclic) bond motifs is 1. The topological polar surface area (TPSA) is 52.5 Å². The summed E-state index contributed by atoms with van der Waals surface area (Å²) in [7, 11) is 3.49. The first kappa shape index (κ1) is 14.1. The number of methoxy groups -OCH3 is 1. The van der Waals surface area contributed by atoms with Crippen molar-refractivity contribution in [3.05, 3.63) is 40.7 Å². The van der Waals surface area contributed by atoms with E-state index in [0.717, 1.165) is 23.0 Å². The Balaban J connectivity index is 1.94. The Morgan fingerprint density at radius 2 is 2.24 bits per heavy atom. The molecule has 1 unspecified atom stereocenters. The van der Waals surface area contributed by atoms with E-state index in [2.05, 4.69) is 5.32 Å². The molecule has 1 saturated heterocycles. The van der Waals surface area contributed by atoms with Crippen LogP contribution in [-0.4, -0.2) is 37.0 Å². The van der Waals surface area contributed by atoms with Crippen LogP contribution < -0.4 is 10.9 Å². The van der Waals surface area contributed by atoms with Crippen LogP contribution in [0.1, 0.15) is 6.42 Å². The average molecular weight is 288 g/mol. The molecule has 3 rings (SSSR count). The number of benzene rings is 1. The summed E-state index contributed by atoms with van der Waals surface area (Å²) in [4.78, 5) is 12.1. The van der Waals surface area contributed by atoms with Crippen molar-refractivity contribution in [2.45, 2.75) is 12.0 Å². The molecule has 0 amide bonds. The van der Waals surface area contributed by atoms with Crippen molar-refractivity contribution in [1.82, 2.24) is 4.57 Å². The maximum absolute atomic E-state index is 12.1. The third-order valence-corrected chi connectivity index (χ3v) is 4.26. The zero-order valence-corrected chi connectivity index (χ0v) is 12.4.